The molecule has 0 aliphatic rings. The minimum absolute atomic E-state index is 0.620. The van der Waals surface area contributed by atoms with Crippen LogP contribution in [0.15, 0.2) is 0 Å². The van der Waals surface area contributed by atoms with Gasteiger partial charge < -0.3 is 15.2 Å². The molecule has 0 bridgehead atoms. The van der Waals surface area contributed by atoms with Crippen molar-refractivity contribution in [2.24, 2.45) is 0 Å². The first-order valence-corrected chi connectivity index (χ1v) is 3.66. The molecule has 2 atom stereocenters. The summed E-state index contributed by atoms with van der Waals surface area (Å²) >= 11 is 0. The topological polar surface area (TPSA) is 75.6 Å². The second-order valence-corrected chi connectivity index (χ2v) is 2.38. The average Bonchev–Trinajstić information content (AvgIpc) is 2.12. The number of aliphatic hydroxyl groups is 1. The first-order valence-electron chi connectivity index (χ1n) is 3.66. The first kappa shape index (κ1) is 11.8. The van der Waals surface area contributed by atoms with Crippen molar-refractivity contribution in [3.63, 3.8) is 0 Å². The van der Waals surface area contributed by atoms with Gasteiger partial charge in [0, 0.05) is 0 Å². The van der Waals surface area contributed by atoms with E-state index in [9.17, 15) is 14.0 Å². The first-order chi connectivity index (χ1) is 6.02. The van der Waals surface area contributed by atoms with Crippen LogP contribution in [0.5, 0.6) is 0 Å². The van der Waals surface area contributed by atoms with E-state index in [1.807, 2.05) is 5.32 Å². The molecular weight excluding hydrogens is 181 g/mol. The number of carbonyl (C=O) groups excluding carboxylic acids is 2. The largest absolute Gasteiger partial charge is 0.467 e. The van der Waals surface area contributed by atoms with Crippen molar-refractivity contribution in [3.05, 3.63) is 0 Å². The molecule has 0 radical (unpaired) electrons. The van der Waals surface area contributed by atoms with E-state index in [2.05, 4.69) is 4.74 Å². The molecule has 0 rings (SSSR count). The Morgan fingerprint density at radius 1 is 1.62 bits per heavy atom. The zero-order valence-electron chi connectivity index (χ0n) is 7.41. The van der Waals surface area contributed by atoms with Crippen LogP contribution in [-0.2, 0) is 14.3 Å². The molecule has 0 heterocycles. The lowest BCUT2D eigenvalue weighted by molar-refractivity contribution is -0.146. The van der Waals surface area contributed by atoms with Gasteiger partial charge in [-0.25, -0.2) is 9.18 Å². The highest BCUT2D eigenvalue weighted by Gasteiger charge is 2.22. The summed E-state index contributed by atoms with van der Waals surface area (Å²) in [6, 6.07) is -1.20. The number of carbonyl (C=O) groups is 2. The van der Waals surface area contributed by atoms with Crippen molar-refractivity contribution in [2.45, 2.75) is 19.1 Å². The molecule has 1 amide bonds. The number of methoxy groups -OCH3 is 1. The van der Waals surface area contributed by atoms with Crippen molar-refractivity contribution >= 4 is 11.9 Å². The predicted molar refractivity (Wildman–Crippen MR) is 41.6 cm³/mol. The summed E-state index contributed by atoms with van der Waals surface area (Å²) < 4.78 is 16.6. The number of halogens is 1. The van der Waals surface area contributed by atoms with E-state index in [1.165, 1.54) is 0 Å². The molecule has 76 valence electrons. The lowest BCUT2D eigenvalue weighted by Crippen LogP contribution is -2.46. The van der Waals surface area contributed by atoms with Crippen LogP contribution in [-0.4, -0.2) is 42.9 Å². The van der Waals surface area contributed by atoms with Gasteiger partial charge in [0.2, 0.25) is 0 Å². The number of hydrogen-bond donors (Lipinski definition) is 2. The molecule has 0 aliphatic carbocycles. The molecule has 0 aromatic heterocycles. The highest BCUT2D eigenvalue weighted by molar-refractivity contribution is 5.86. The number of aliphatic hydroxyl groups excluding tert-OH is 1. The summed E-state index contributed by atoms with van der Waals surface area (Å²) in [7, 11) is 1.11. The Labute approximate surface area is 74.9 Å². The lowest BCUT2D eigenvalue weighted by atomic mass is 10.3. The van der Waals surface area contributed by atoms with Crippen LogP contribution in [0.25, 0.3) is 0 Å². The fourth-order valence-electron chi connectivity index (χ4n) is 0.608. The molecule has 2 N–H and O–H groups in total. The van der Waals surface area contributed by atoms with Crippen molar-refractivity contribution in [1.82, 2.24) is 5.32 Å². The molecule has 0 aromatic carbocycles. The zero-order valence-corrected chi connectivity index (χ0v) is 7.41. The van der Waals surface area contributed by atoms with Crippen molar-refractivity contribution in [1.29, 1.82) is 0 Å². The Kier molecular flexibility index (Phi) is 4.98. The Bertz CT molecular complexity index is 195. The Morgan fingerprint density at radius 2 is 2.15 bits per heavy atom. The molecule has 0 aromatic rings. The van der Waals surface area contributed by atoms with E-state index >= 15 is 0 Å². The number of esters is 1. The molecule has 0 aliphatic heterocycles. The minimum Gasteiger partial charge on any atom is -0.467 e. The number of nitrogens with one attached hydrogen (secondary N) is 1. The van der Waals surface area contributed by atoms with Crippen LogP contribution in [0.4, 0.5) is 4.39 Å². The van der Waals surface area contributed by atoms with E-state index in [0.29, 0.717) is 0 Å². The molecule has 5 nitrogen and oxygen atoms in total. The third-order valence-corrected chi connectivity index (χ3v) is 1.35. The molecule has 0 spiro atoms. The standard InChI is InChI=1S/C7H12FNO4/c1-4(8)6(11)9-5(3-10)7(12)13-2/h4-5,10H,3H2,1-2H3,(H,9,11). The Balaban J connectivity index is 4.13. The highest BCUT2D eigenvalue weighted by atomic mass is 19.1. The summed E-state index contributed by atoms with van der Waals surface area (Å²) in [4.78, 5) is 21.5. The summed E-state index contributed by atoms with van der Waals surface area (Å²) in [5, 5.41) is 10.6. The van der Waals surface area contributed by atoms with Crippen molar-refractivity contribution < 1.29 is 23.8 Å². The fourth-order valence-corrected chi connectivity index (χ4v) is 0.608. The molecular formula is C7H12FNO4. The smallest absolute Gasteiger partial charge is 0.330 e. The molecule has 0 fully saturated rings. The van der Waals surface area contributed by atoms with Gasteiger partial charge in [-0.15, -0.1) is 0 Å². The molecule has 2 unspecified atom stereocenters. The molecule has 0 saturated carbocycles. The fraction of sp³-hybridized carbons (Fsp3) is 0.714. The van der Waals surface area contributed by atoms with Gasteiger partial charge in [0.1, 0.15) is 0 Å². The number of alkyl halides is 1. The normalized spacial score (nSPS) is 14.5. The van der Waals surface area contributed by atoms with E-state index in [-0.39, 0.29) is 0 Å². The third-order valence-electron chi connectivity index (χ3n) is 1.35. The second kappa shape index (κ2) is 5.47. The summed E-state index contributed by atoms with van der Waals surface area (Å²) in [5.41, 5.74) is 0. The van der Waals surface area contributed by atoms with Gasteiger partial charge in [0.25, 0.3) is 5.91 Å². The Hall–Kier alpha value is -1.17. The van der Waals surface area contributed by atoms with Crippen LogP contribution < -0.4 is 5.32 Å². The van der Waals surface area contributed by atoms with Gasteiger partial charge in [-0.05, 0) is 6.92 Å². The van der Waals surface area contributed by atoms with Crippen LogP contribution in [0.2, 0.25) is 0 Å². The van der Waals surface area contributed by atoms with Gasteiger partial charge in [-0.1, -0.05) is 0 Å². The van der Waals surface area contributed by atoms with E-state index in [1.54, 1.807) is 0 Å². The van der Waals surface area contributed by atoms with Crippen LogP contribution >= 0.6 is 0 Å². The van der Waals surface area contributed by atoms with Crippen molar-refractivity contribution in [2.75, 3.05) is 13.7 Å². The molecule has 6 heteroatoms. The summed E-state index contributed by atoms with van der Waals surface area (Å²) in [6.45, 7) is 0.409. The second-order valence-electron chi connectivity index (χ2n) is 2.38. The number of ether oxygens (including phenoxy) is 1. The molecule has 13 heavy (non-hydrogen) atoms. The number of amides is 1. The number of hydrogen-bond acceptors (Lipinski definition) is 4. The van der Waals surface area contributed by atoms with E-state index in [4.69, 9.17) is 5.11 Å². The summed E-state index contributed by atoms with van der Waals surface area (Å²) in [5.74, 6) is -1.76. The molecule has 0 saturated heterocycles. The van der Waals surface area contributed by atoms with E-state index < -0.39 is 30.7 Å². The van der Waals surface area contributed by atoms with Gasteiger partial charge in [0.05, 0.1) is 13.7 Å². The van der Waals surface area contributed by atoms with Crippen LogP contribution in [0.3, 0.4) is 0 Å². The maximum absolute atomic E-state index is 12.3. The maximum atomic E-state index is 12.3. The quantitative estimate of drug-likeness (QED) is 0.561. The summed E-state index contributed by atoms with van der Waals surface area (Å²) in [6.07, 6.45) is -1.72. The number of rotatable bonds is 4. The highest BCUT2D eigenvalue weighted by Crippen LogP contribution is 1.92. The Morgan fingerprint density at radius 3 is 2.46 bits per heavy atom. The van der Waals surface area contributed by atoms with Gasteiger partial charge in [-0.3, -0.25) is 4.79 Å². The van der Waals surface area contributed by atoms with Gasteiger partial charge >= 0.3 is 5.97 Å². The maximum Gasteiger partial charge on any atom is 0.330 e. The van der Waals surface area contributed by atoms with Crippen molar-refractivity contribution in [3.8, 4) is 0 Å². The SMILES string of the molecule is COC(=O)C(CO)NC(=O)C(C)F. The monoisotopic (exact) mass is 193 g/mol. The zero-order chi connectivity index (χ0) is 10.4. The van der Waals surface area contributed by atoms with Crippen LogP contribution in [0.1, 0.15) is 6.92 Å². The van der Waals surface area contributed by atoms with Crippen LogP contribution in [0, 0.1) is 0 Å². The lowest BCUT2D eigenvalue weighted by Gasteiger charge is -2.13. The van der Waals surface area contributed by atoms with Gasteiger partial charge in [0.15, 0.2) is 12.2 Å². The minimum atomic E-state index is -1.72. The third kappa shape index (κ3) is 3.84. The van der Waals surface area contributed by atoms with E-state index in [0.717, 1.165) is 14.0 Å². The average molecular weight is 193 g/mol. The predicted octanol–water partition coefficient (Wildman–Crippen LogP) is -1.01. The van der Waals surface area contributed by atoms with Gasteiger partial charge in [-0.2, -0.15) is 0 Å².